The Morgan fingerprint density at radius 2 is 1.94 bits per heavy atom. The molecule has 0 saturated heterocycles. The zero-order chi connectivity index (χ0) is 22.9. The number of hydrogen-bond acceptors (Lipinski definition) is 4. The highest BCUT2D eigenvalue weighted by Gasteiger charge is 2.33. The highest BCUT2D eigenvalue weighted by molar-refractivity contribution is 6.31. The quantitative estimate of drug-likeness (QED) is 0.335. The van der Waals surface area contributed by atoms with Gasteiger partial charge in [0, 0.05) is 30.0 Å². The second-order valence-corrected chi connectivity index (χ2v) is 7.17. The van der Waals surface area contributed by atoms with E-state index >= 15 is 0 Å². The van der Waals surface area contributed by atoms with Crippen LogP contribution in [0.3, 0.4) is 0 Å². The van der Waals surface area contributed by atoms with E-state index in [2.05, 4.69) is 25.6 Å². The summed E-state index contributed by atoms with van der Waals surface area (Å²) in [7, 11) is 0. The van der Waals surface area contributed by atoms with Crippen molar-refractivity contribution in [3.8, 4) is 0 Å². The highest BCUT2D eigenvalue weighted by Crippen LogP contribution is 2.36. The van der Waals surface area contributed by atoms with Crippen LogP contribution in [0.15, 0.2) is 55.0 Å². The maximum absolute atomic E-state index is 13.8. The Hall–Kier alpha value is -3.66. The molecule has 4 aromatic rings. The molecule has 4 rings (SSSR count). The number of anilines is 2. The summed E-state index contributed by atoms with van der Waals surface area (Å²) in [5.41, 5.74) is 0.420. The van der Waals surface area contributed by atoms with Crippen molar-refractivity contribution in [3.63, 3.8) is 0 Å². The minimum absolute atomic E-state index is 0.0198. The first-order valence-electron chi connectivity index (χ1n) is 9.21. The predicted octanol–water partition coefficient (Wildman–Crippen LogP) is 5.63. The van der Waals surface area contributed by atoms with Gasteiger partial charge in [-0.05, 0) is 42.0 Å². The molecule has 0 unspecified atom stereocenters. The summed E-state index contributed by atoms with van der Waals surface area (Å²) in [6.45, 7) is 0.266. The summed E-state index contributed by atoms with van der Waals surface area (Å²) in [6.07, 6.45) is -0.311. The zero-order valence-electron chi connectivity index (χ0n) is 16.1. The lowest BCUT2D eigenvalue weighted by atomic mass is 10.1. The van der Waals surface area contributed by atoms with Crippen LogP contribution in [0.1, 0.15) is 21.5 Å². The molecule has 3 N–H and O–H groups in total. The number of aromatic amines is 1. The molecule has 3 heterocycles. The van der Waals surface area contributed by atoms with Gasteiger partial charge in [0.15, 0.2) is 0 Å². The van der Waals surface area contributed by atoms with Crippen molar-refractivity contribution in [2.75, 3.05) is 10.6 Å². The first-order chi connectivity index (χ1) is 15.2. The number of nitrogens with zero attached hydrogens (tertiary/aromatic N) is 2. The third-order valence-corrected chi connectivity index (χ3v) is 4.94. The van der Waals surface area contributed by atoms with Crippen molar-refractivity contribution in [3.05, 3.63) is 82.5 Å². The van der Waals surface area contributed by atoms with E-state index in [-0.39, 0.29) is 23.6 Å². The average molecular weight is 464 g/mol. The molecule has 0 spiro atoms. The normalized spacial score (nSPS) is 11.5. The third kappa shape index (κ3) is 4.50. The molecule has 6 nitrogen and oxygen atoms in total. The van der Waals surface area contributed by atoms with Crippen LogP contribution in [-0.4, -0.2) is 20.9 Å². The number of carbonyl (C=O) groups is 1. The fraction of sp³-hybridized carbons (Fsp3) is 0.0952. The summed E-state index contributed by atoms with van der Waals surface area (Å²) >= 11 is 5.69. The van der Waals surface area contributed by atoms with Gasteiger partial charge in [0.1, 0.15) is 17.3 Å². The molecule has 0 aliphatic heterocycles. The Bertz CT molecular complexity index is 1310. The number of halogens is 5. The van der Waals surface area contributed by atoms with E-state index in [0.717, 1.165) is 41.4 Å². The molecule has 164 valence electrons. The minimum atomic E-state index is -4.62. The van der Waals surface area contributed by atoms with Crippen molar-refractivity contribution in [1.29, 1.82) is 0 Å². The van der Waals surface area contributed by atoms with E-state index in [0.29, 0.717) is 5.65 Å². The lowest BCUT2D eigenvalue weighted by Gasteiger charge is -2.13. The fourth-order valence-corrected chi connectivity index (χ4v) is 3.41. The predicted molar refractivity (Wildman–Crippen MR) is 112 cm³/mol. The van der Waals surface area contributed by atoms with E-state index in [9.17, 15) is 22.4 Å². The van der Waals surface area contributed by atoms with Crippen LogP contribution < -0.4 is 10.6 Å². The number of aromatic nitrogens is 3. The molecule has 0 aliphatic carbocycles. The van der Waals surface area contributed by atoms with Gasteiger partial charge in [0.05, 0.1) is 22.3 Å². The van der Waals surface area contributed by atoms with Crippen molar-refractivity contribution in [2.45, 2.75) is 12.7 Å². The van der Waals surface area contributed by atoms with Gasteiger partial charge in [-0.15, -0.1) is 0 Å². The second-order valence-electron chi connectivity index (χ2n) is 6.76. The smallest absolute Gasteiger partial charge is 0.365 e. The number of alkyl halides is 3. The number of H-pyrrole nitrogens is 1. The Labute approximate surface area is 183 Å². The van der Waals surface area contributed by atoms with Gasteiger partial charge in [-0.1, -0.05) is 11.6 Å². The first kappa shape index (κ1) is 21.6. The molecule has 0 atom stereocenters. The summed E-state index contributed by atoms with van der Waals surface area (Å²) in [5, 5.41) is 5.71. The molecule has 11 heteroatoms. The Balaban J connectivity index is 1.56. The Morgan fingerprint density at radius 3 is 2.69 bits per heavy atom. The number of nitrogens with one attached hydrogen (secondary N) is 3. The second kappa shape index (κ2) is 8.46. The van der Waals surface area contributed by atoms with Crippen LogP contribution in [0.5, 0.6) is 0 Å². The molecule has 1 amide bonds. The van der Waals surface area contributed by atoms with E-state index in [1.54, 1.807) is 18.5 Å². The topological polar surface area (TPSA) is 82.7 Å². The largest absolute Gasteiger partial charge is 0.417 e. The van der Waals surface area contributed by atoms with Crippen LogP contribution in [0.4, 0.5) is 29.1 Å². The molecule has 0 saturated carbocycles. The van der Waals surface area contributed by atoms with Crippen LogP contribution in [-0.2, 0) is 12.7 Å². The maximum Gasteiger partial charge on any atom is 0.417 e. The molecule has 0 radical (unpaired) electrons. The summed E-state index contributed by atoms with van der Waals surface area (Å²) in [4.78, 5) is 23.9. The van der Waals surface area contributed by atoms with Crippen molar-refractivity contribution in [1.82, 2.24) is 15.0 Å². The SMILES string of the molecule is O=C(Nc1ccc(C(F)(F)F)c(Cl)c1)c1cc(F)cnc1NCc1ccnc2[nH]ccc12. The lowest BCUT2D eigenvalue weighted by molar-refractivity contribution is -0.137. The van der Waals surface area contributed by atoms with E-state index in [1.807, 2.05) is 6.07 Å². The Kier molecular flexibility index (Phi) is 5.70. The zero-order valence-corrected chi connectivity index (χ0v) is 16.9. The molecule has 3 aromatic heterocycles. The number of fused-ring (bicyclic) bond motifs is 1. The minimum Gasteiger partial charge on any atom is -0.365 e. The van der Waals surface area contributed by atoms with Crippen LogP contribution >= 0.6 is 11.6 Å². The van der Waals surface area contributed by atoms with Crippen molar-refractivity contribution in [2.24, 2.45) is 0 Å². The number of pyridine rings is 2. The monoisotopic (exact) mass is 463 g/mol. The Morgan fingerprint density at radius 1 is 1.12 bits per heavy atom. The van der Waals surface area contributed by atoms with Gasteiger partial charge in [-0.25, -0.2) is 14.4 Å². The first-order valence-corrected chi connectivity index (χ1v) is 9.58. The molecule has 32 heavy (non-hydrogen) atoms. The van der Waals surface area contributed by atoms with E-state index < -0.39 is 28.5 Å². The summed E-state index contributed by atoms with van der Waals surface area (Å²) in [6, 6.07) is 7.41. The van der Waals surface area contributed by atoms with Gasteiger partial charge in [0.2, 0.25) is 0 Å². The van der Waals surface area contributed by atoms with Gasteiger partial charge in [0.25, 0.3) is 5.91 Å². The third-order valence-electron chi connectivity index (χ3n) is 4.63. The van der Waals surface area contributed by atoms with E-state index in [4.69, 9.17) is 11.6 Å². The number of hydrogen-bond donors (Lipinski definition) is 3. The molecule has 0 aliphatic rings. The highest BCUT2D eigenvalue weighted by atomic mass is 35.5. The molecular formula is C21H14ClF4N5O. The maximum atomic E-state index is 13.8. The lowest BCUT2D eigenvalue weighted by Crippen LogP contribution is -2.16. The average Bonchev–Trinajstić information content (AvgIpc) is 3.21. The van der Waals surface area contributed by atoms with Gasteiger partial charge >= 0.3 is 6.18 Å². The number of amides is 1. The van der Waals surface area contributed by atoms with E-state index in [1.165, 1.54) is 0 Å². The molecule has 1 aromatic carbocycles. The van der Waals surface area contributed by atoms with Crippen LogP contribution in [0.2, 0.25) is 5.02 Å². The standard InChI is InChI=1S/C21H14ClF4N5O/c22-17-8-13(1-2-16(17)21(24,25)26)31-20(32)15-7-12(23)10-30-19(15)29-9-11-3-5-27-18-14(11)4-6-28-18/h1-8,10H,9H2,(H,27,28)(H,29,30)(H,31,32). The molecule has 0 fully saturated rings. The number of carbonyl (C=O) groups excluding carboxylic acids is 1. The van der Waals surface area contributed by atoms with Crippen molar-refractivity contribution < 1.29 is 22.4 Å². The summed E-state index contributed by atoms with van der Waals surface area (Å²) < 4.78 is 52.4. The summed E-state index contributed by atoms with van der Waals surface area (Å²) in [5.74, 6) is -1.41. The van der Waals surface area contributed by atoms with Gasteiger partial charge < -0.3 is 15.6 Å². The van der Waals surface area contributed by atoms with Gasteiger partial charge in [-0.2, -0.15) is 13.2 Å². The number of rotatable bonds is 5. The fourth-order valence-electron chi connectivity index (χ4n) is 3.13. The van der Waals surface area contributed by atoms with Crippen LogP contribution in [0, 0.1) is 5.82 Å². The van der Waals surface area contributed by atoms with Crippen LogP contribution in [0.25, 0.3) is 11.0 Å². The van der Waals surface area contributed by atoms with Crippen molar-refractivity contribution >= 4 is 40.0 Å². The number of benzene rings is 1. The molecule has 0 bridgehead atoms. The van der Waals surface area contributed by atoms with Gasteiger partial charge in [-0.3, -0.25) is 4.79 Å². The molecular weight excluding hydrogens is 450 g/mol.